The molecule has 0 spiro atoms. The molecule has 0 unspecified atom stereocenters. The molecule has 2 aromatic carbocycles. The average Bonchev–Trinajstić information content (AvgIpc) is 3.02. The second-order valence-electron chi connectivity index (χ2n) is 7.28. The van der Waals surface area contributed by atoms with Crippen LogP contribution in [0.1, 0.15) is 12.0 Å². The van der Waals surface area contributed by atoms with Gasteiger partial charge in [-0.05, 0) is 35.9 Å². The summed E-state index contributed by atoms with van der Waals surface area (Å²) in [7, 11) is -3.69. The summed E-state index contributed by atoms with van der Waals surface area (Å²) in [6.07, 6.45) is 3.94. The van der Waals surface area contributed by atoms with Crippen LogP contribution in [-0.4, -0.2) is 62.9 Å². The van der Waals surface area contributed by atoms with Crippen LogP contribution in [0.25, 0.3) is 6.08 Å². The standard InChI is InChI=1S/C22H23ClN2O5S/c23-18-4-1-3-17(15-18)5-8-22(26)24-9-11-25(12-10-24)31(27,28)19-6-7-20-21(16-19)30-14-2-13-29-20/h1,3-8,15-16H,2,9-14H2/b8-5+. The first-order chi connectivity index (χ1) is 14.9. The topological polar surface area (TPSA) is 76.2 Å². The molecule has 0 bridgehead atoms. The Morgan fingerprint density at radius 1 is 0.968 bits per heavy atom. The summed E-state index contributed by atoms with van der Waals surface area (Å²) < 4.78 is 38.7. The molecule has 0 aliphatic carbocycles. The number of rotatable bonds is 4. The average molecular weight is 463 g/mol. The predicted molar refractivity (Wildman–Crippen MR) is 118 cm³/mol. The number of hydrogen-bond acceptors (Lipinski definition) is 5. The highest BCUT2D eigenvalue weighted by atomic mass is 35.5. The van der Waals surface area contributed by atoms with Crippen molar-refractivity contribution in [3.63, 3.8) is 0 Å². The van der Waals surface area contributed by atoms with Crippen molar-refractivity contribution >= 4 is 33.6 Å². The zero-order chi connectivity index (χ0) is 21.8. The first-order valence-corrected chi connectivity index (χ1v) is 11.9. The summed E-state index contributed by atoms with van der Waals surface area (Å²) in [5.74, 6) is 0.838. The molecule has 0 N–H and O–H groups in total. The number of carbonyl (C=O) groups is 1. The second-order valence-corrected chi connectivity index (χ2v) is 9.65. The van der Waals surface area contributed by atoms with E-state index in [0.717, 1.165) is 12.0 Å². The van der Waals surface area contributed by atoms with E-state index in [1.54, 1.807) is 29.2 Å². The minimum Gasteiger partial charge on any atom is -0.490 e. The highest BCUT2D eigenvalue weighted by molar-refractivity contribution is 7.89. The van der Waals surface area contributed by atoms with Crippen LogP contribution in [0.4, 0.5) is 0 Å². The van der Waals surface area contributed by atoms with E-state index in [2.05, 4.69) is 0 Å². The van der Waals surface area contributed by atoms with Crippen molar-refractivity contribution in [3.8, 4) is 11.5 Å². The van der Waals surface area contributed by atoms with Crippen LogP contribution in [0.15, 0.2) is 53.4 Å². The van der Waals surface area contributed by atoms with Crippen LogP contribution in [0.5, 0.6) is 11.5 Å². The third kappa shape index (κ3) is 5.03. The number of hydrogen-bond donors (Lipinski definition) is 0. The van der Waals surface area contributed by atoms with Gasteiger partial charge in [-0.15, -0.1) is 0 Å². The van der Waals surface area contributed by atoms with Crippen LogP contribution < -0.4 is 9.47 Å². The number of ether oxygens (including phenoxy) is 2. The maximum atomic E-state index is 13.1. The minimum absolute atomic E-state index is 0.160. The van der Waals surface area contributed by atoms with E-state index in [1.165, 1.54) is 22.5 Å². The summed E-state index contributed by atoms with van der Waals surface area (Å²) in [5.41, 5.74) is 0.830. The fourth-order valence-electron chi connectivity index (χ4n) is 3.49. The molecular weight excluding hydrogens is 440 g/mol. The zero-order valence-electron chi connectivity index (χ0n) is 16.9. The number of carbonyl (C=O) groups excluding carboxylic acids is 1. The molecule has 2 aliphatic heterocycles. The van der Waals surface area contributed by atoms with Gasteiger partial charge in [0.15, 0.2) is 11.5 Å². The van der Waals surface area contributed by atoms with Gasteiger partial charge in [-0.1, -0.05) is 23.7 Å². The van der Waals surface area contributed by atoms with Crippen molar-refractivity contribution in [3.05, 3.63) is 59.1 Å². The lowest BCUT2D eigenvalue weighted by molar-refractivity contribution is -0.127. The monoisotopic (exact) mass is 462 g/mol. The van der Waals surface area contributed by atoms with Crippen molar-refractivity contribution in [2.24, 2.45) is 0 Å². The minimum atomic E-state index is -3.69. The Hall–Kier alpha value is -2.55. The fourth-order valence-corrected chi connectivity index (χ4v) is 5.12. The Labute approximate surface area is 186 Å². The van der Waals surface area contributed by atoms with E-state index < -0.39 is 10.0 Å². The molecule has 2 heterocycles. The number of sulfonamides is 1. The van der Waals surface area contributed by atoms with Gasteiger partial charge in [0.05, 0.1) is 18.1 Å². The maximum Gasteiger partial charge on any atom is 0.246 e. The number of benzene rings is 2. The lowest BCUT2D eigenvalue weighted by atomic mass is 10.2. The summed E-state index contributed by atoms with van der Waals surface area (Å²) in [6, 6.07) is 11.9. The van der Waals surface area contributed by atoms with Crippen molar-refractivity contribution in [2.45, 2.75) is 11.3 Å². The van der Waals surface area contributed by atoms with Gasteiger partial charge in [0.1, 0.15) is 0 Å². The number of amides is 1. The molecule has 1 fully saturated rings. The Bertz CT molecular complexity index is 1090. The van der Waals surface area contributed by atoms with Gasteiger partial charge in [0.2, 0.25) is 15.9 Å². The fraction of sp³-hybridized carbons (Fsp3) is 0.318. The quantitative estimate of drug-likeness (QED) is 0.653. The summed E-state index contributed by atoms with van der Waals surface area (Å²) in [4.78, 5) is 14.3. The highest BCUT2D eigenvalue weighted by Crippen LogP contribution is 2.33. The molecule has 0 saturated carbocycles. The highest BCUT2D eigenvalue weighted by Gasteiger charge is 2.30. The molecule has 0 atom stereocenters. The molecule has 4 rings (SSSR count). The summed E-state index contributed by atoms with van der Waals surface area (Å²) in [6.45, 7) is 2.13. The molecule has 0 aromatic heterocycles. The van der Waals surface area contributed by atoms with Gasteiger partial charge < -0.3 is 14.4 Å². The number of nitrogens with zero attached hydrogens (tertiary/aromatic N) is 2. The Kier molecular flexibility index (Phi) is 6.50. The molecule has 1 amide bonds. The van der Waals surface area contributed by atoms with E-state index in [9.17, 15) is 13.2 Å². The molecule has 164 valence electrons. The molecular formula is C22H23ClN2O5S. The van der Waals surface area contributed by atoms with Gasteiger partial charge in [-0.2, -0.15) is 4.31 Å². The molecule has 2 aliphatic rings. The van der Waals surface area contributed by atoms with Gasteiger partial charge in [-0.3, -0.25) is 4.79 Å². The lowest BCUT2D eigenvalue weighted by Gasteiger charge is -2.33. The van der Waals surface area contributed by atoms with Crippen molar-refractivity contribution in [1.29, 1.82) is 0 Å². The van der Waals surface area contributed by atoms with Gasteiger partial charge in [-0.25, -0.2) is 8.42 Å². The second kappa shape index (κ2) is 9.30. The smallest absolute Gasteiger partial charge is 0.246 e. The van der Waals surface area contributed by atoms with Gasteiger partial charge in [0, 0.05) is 49.8 Å². The molecule has 9 heteroatoms. The molecule has 0 radical (unpaired) electrons. The molecule has 1 saturated heterocycles. The van der Waals surface area contributed by atoms with Crippen LogP contribution in [0.2, 0.25) is 5.02 Å². The summed E-state index contributed by atoms with van der Waals surface area (Å²) in [5, 5.41) is 0.600. The van der Waals surface area contributed by atoms with E-state index in [-0.39, 0.29) is 23.9 Å². The van der Waals surface area contributed by atoms with E-state index in [0.29, 0.717) is 42.8 Å². The van der Waals surface area contributed by atoms with Crippen molar-refractivity contribution in [2.75, 3.05) is 39.4 Å². The van der Waals surface area contributed by atoms with Gasteiger partial charge >= 0.3 is 0 Å². The van der Waals surface area contributed by atoms with Crippen molar-refractivity contribution < 1.29 is 22.7 Å². The molecule has 7 nitrogen and oxygen atoms in total. The number of halogens is 1. The van der Waals surface area contributed by atoms with Gasteiger partial charge in [0.25, 0.3) is 0 Å². The van der Waals surface area contributed by atoms with Crippen molar-refractivity contribution in [1.82, 2.24) is 9.21 Å². The Balaban J connectivity index is 1.40. The van der Waals surface area contributed by atoms with Crippen LogP contribution >= 0.6 is 11.6 Å². The Morgan fingerprint density at radius 3 is 2.45 bits per heavy atom. The van der Waals surface area contributed by atoms with Crippen LogP contribution in [-0.2, 0) is 14.8 Å². The normalized spacial score (nSPS) is 17.5. The number of piperazine rings is 1. The van der Waals surface area contributed by atoms with E-state index in [1.807, 2.05) is 12.1 Å². The molecule has 2 aromatic rings. The lowest BCUT2D eigenvalue weighted by Crippen LogP contribution is -2.50. The molecule has 31 heavy (non-hydrogen) atoms. The summed E-state index contributed by atoms with van der Waals surface area (Å²) >= 11 is 5.96. The van der Waals surface area contributed by atoms with Crippen LogP contribution in [0.3, 0.4) is 0 Å². The maximum absolute atomic E-state index is 13.1. The first-order valence-electron chi connectivity index (χ1n) is 10.1. The predicted octanol–water partition coefficient (Wildman–Crippen LogP) is 3.05. The SMILES string of the molecule is O=C(/C=C/c1cccc(Cl)c1)N1CCN(S(=O)(=O)c2ccc3c(c2)OCCCO3)CC1. The third-order valence-electron chi connectivity index (χ3n) is 5.17. The van der Waals surface area contributed by atoms with Crippen LogP contribution in [0, 0.1) is 0 Å². The van der Waals surface area contributed by atoms with E-state index in [4.69, 9.17) is 21.1 Å². The zero-order valence-corrected chi connectivity index (χ0v) is 18.4. The van der Waals surface area contributed by atoms with E-state index >= 15 is 0 Å². The Morgan fingerprint density at radius 2 is 1.71 bits per heavy atom. The first kappa shape index (κ1) is 21.7. The number of fused-ring (bicyclic) bond motifs is 1. The largest absolute Gasteiger partial charge is 0.490 e. The third-order valence-corrected chi connectivity index (χ3v) is 7.30.